The number of carboxylic acids is 3. The molecule has 1 amide bonds. The van der Waals surface area contributed by atoms with Gasteiger partial charge in [-0.3, -0.25) is 4.79 Å². The Morgan fingerprint density at radius 3 is 1.09 bits per heavy atom. The van der Waals surface area contributed by atoms with Crippen LogP contribution in [0.2, 0.25) is 0 Å². The molecule has 1 heterocycles. The second-order valence-corrected chi connectivity index (χ2v) is 5.48. The summed E-state index contributed by atoms with van der Waals surface area (Å²) in [4.78, 5) is 37.2. The van der Waals surface area contributed by atoms with Crippen molar-refractivity contribution in [1.82, 2.24) is 5.06 Å². The van der Waals surface area contributed by atoms with Gasteiger partial charge in [0.2, 0.25) is 5.91 Å². The Bertz CT molecular complexity index is 555. The Morgan fingerprint density at radius 2 is 0.938 bits per heavy atom. The van der Waals surface area contributed by atoms with Crippen molar-refractivity contribution in [3.63, 3.8) is 0 Å². The van der Waals surface area contributed by atoms with Crippen LogP contribution in [-0.2, 0) is 19.2 Å². The van der Waals surface area contributed by atoms with Crippen LogP contribution in [0.5, 0.6) is 0 Å². The van der Waals surface area contributed by atoms with Gasteiger partial charge in [0.05, 0.1) is 0 Å². The molecule has 0 spiro atoms. The summed E-state index contributed by atoms with van der Waals surface area (Å²) in [6, 6.07) is 0. The van der Waals surface area contributed by atoms with Crippen LogP contribution in [-0.4, -0.2) is 81.0 Å². The maximum absolute atomic E-state index is 10.6. The number of piperidine rings is 1. The minimum atomic E-state index is -5.08. The predicted molar refractivity (Wildman–Crippen MR) is 81.0 cm³/mol. The summed E-state index contributed by atoms with van der Waals surface area (Å²) < 4.78 is 95.2. The Balaban J connectivity index is -0.000000361. The smallest absolute Gasteiger partial charge is 0.475 e. The Kier molecular flexibility index (Phi) is 15.1. The number of carboxylic acid groups (broad SMARTS) is 3. The Morgan fingerprint density at radius 1 is 0.719 bits per heavy atom. The molecule has 1 fully saturated rings. The Hall–Kier alpha value is -2.83. The van der Waals surface area contributed by atoms with Gasteiger partial charge in [0.15, 0.2) is 0 Å². The molecular formula is C13H17F9N2O8. The quantitative estimate of drug-likeness (QED) is 0.354. The lowest BCUT2D eigenvalue weighted by Crippen LogP contribution is -2.32. The number of hydroxylamine groups is 2. The number of carbonyl (C=O) groups is 4. The molecule has 1 aliphatic rings. The molecule has 10 nitrogen and oxygen atoms in total. The largest absolute Gasteiger partial charge is 0.490 e. The first kappa shape index (κ1) is 33.8. The van der Waals surface area contributed by atoms with E-state index in [1.165, 1.54) is 5.06 Å². The molecule has 6 N–H and O–H groups in total. The molecule has 32 heavy (non-hydrogen) atoms. The van der Waals surface area contributed by atoms with Crippen molar-refractivity contribution in [3.8, 4) is 0 Å². The molecule has 1 rings (SSSR count). The fourth-order valence-electron chi connectivity index (χ4n) is 1.41. The number of rotatable bonds is 2. The molecule has 190 valence electrons. The standard InChI is InChI=1S/C7H14N2O2.3C2HF3O2/c8-7(10)5-6-1-3-9(11)4-2-6;3*3-2(4,5)1(6)7/h6,11H,1-5H2,(H2,8,10);3*(H,6,7). The van der Waals surface area contributed by atoms with Crippen LogP contribution in [0.25, 0.3) is 0 Å². The predicted octanol–water partition coefficient (Wildman–Crippen LogP) is 1.86. The topological polar surface area (TPSA) is 178 Å². The first-order valence-electron chi connectivity index (χ1n) is 7.64. The highest BCUT2D eigenvalue weighted by Gasteiger charge is 2.39. The monoisotopic (exact) mass is 500 g/mol. The van der Waals surface area contributed by atoms with Gasteiger partial charge < -0.3 is 26.3 Å². The molecule has 0 aromatic heterocycles. The summed E-state index contributed by atoms with van der Waals surface area (Å²) in [5.41, 5.74) is 5.04. The maximum atomic E-state index is 10.6. The number of primary amides is 1. The second-order valence-electron chi connectivity index (χ2n) is 5.48. The maximum Gasteiger partial charge on any atom is 0.490 e. The molecule has 0 aliphatic carbocycles. The lowest BCUT2D eigenvalue weighted by molar-refractivity contribution is -0.193. The van der Waals surface area contributed by atoms with Crippen molar-refractivity contribution in [1.29, 1.82) is 0 Å². The van der Waals surface area contributed by atoms with Gasteiger partial charge in [-0.25, -0.2) is 14.4 Å². The second kappa shape index (κ2) is 14.3. The molecule has 0 atom stereocenters. The summed E-state index contributed by atoms with van der Waals surface area (Å²) >= 11 is 0. The van der Waals surface area contributed by atoms with E-state index in [9.17, 15) is 44.3 Å². The molecule has 0 aromatic carbocycles. The van der Waals surface area contributed by atoms with Crippen LogP contribution >= 0.6 is 0 Å². The molecule has 1 saturated heterocycles. The van der Waals surface area contributed by atoms with E-state index in [2.05, 4.69) is 0 Å². The zero-order chi connectivity index (χ0) is 26.5. The first-order valence-corrected chi connectivity index (χ1v) is 7.64. The van der Waals surface area contributed by atoms with Gasteiger partial charge in [-0.1, -0.05) is 0 Å². The minimum Gasteiger partial charge on any atom is -0.475 e. The van der Waals surface area contributed by atoms with Crippen LogP contribution in [0.1, 0.15) is 19.3 Å². The molecule has 0 aromatic rings. The highest BCUT2D eigenvalue weighted by atomic mass is 19.4. The van der Waals surface area contributed by atoms with E-state index in [0.29, 0.717) is 25.4 Å². The van der Waals surface area contributed by atoms with E-state index >= 15 is 0 Å². The first-order chi connectivity index (χ1) is 14.0. The summed E-state index contributed by atoms with van der Waals surface area (Å²) in [6.45, 7) is 1.33. The van der Waals surface area contributed by atoms with Gasteiger partial charge >= 0.3 is 36.4 Å². The van der Waals surface area contributed by atoms with Crippen LogP contribution in [0, 0.1) is 5.92 Å². The molecule has 0 unspecified atom stereocenters. The highest BCUT2D eigenvalue weighted by molar-refractivity contribution is 5.74. The molecular weight excluding hydrogens is 483 g/mol. The zero-order valence-electron chi connectivity index (χ0n) is 15.5. The normalized spacial score (nSPS) is 14.9. The lowest BCUT2D eigenvalue weighted by atomic mass is 9.94. The van der Waals surface area contributed by atoms with E-state index in [1.54, 1.807) is 0 Å². The van der Waals surface area contributed by atoms with Crippen molar-refractivity contribution in [2.75, 3.05) is 13.1 Å². The van der Waals surface area contributed by atoms with E-state index < -0.39 is 36.4 Å². The number of nitrogens with zero attached hydrogens (tertiary/aromatic N) is 1. The van der Waals surface area contributed by atoms with Crippen LogP contribution < -0.4 is 5.73 Å². The van der Waals surface area contributed by atoms with Crippen molar-refractivity contribution in [2.45, 2.75) is 37.8 Å². The number of halogens is 9. The SMILES string of the molecule is NC(=O)CC1CCN(O)CC1.O=C(O)C(F)(F)F.O=C(O)C(F)(F)F.O=C(O)C(F)(F)F. The van der Waals surface area contributed by atoms with Crippen molar-refractivity contribution < 1.29 is 79.2 Å². The number of aliphatic carboxylic acids is 3. The zero-order valence-corrected chi connectivity index (χ0v) is 15.5. The van der Waals surface area contributed by atoms with E-state index in [1.807, 2.05) is 0 Å². The van der Waals surface area contributed by atoms with E-state index in [4.69, 9.17) is 40.6 Å². The fourth-order valence-corrected chi connectivity index (χ4v) is 1.41. The number of amides is 1. The van der Waals surface area contributed by atoms with Gasteiger partial charge in [0, 0.05) is 19.5 Å². The third kappa shape index (κ3) is 21.9. The third-order valence-electron chi connectivity index (χ3n) is 2.81. The Labute approximate surface area is 171 Å². The average molecular weight is 500 g/mol. The average Bonchev–Trinajstić information content (AvgIpc) is 2.55. The van der Waals surface area contributed by atoms with Gasteiger partial charge in [-0.15, -0.1) is 0 Å². The minimum absolute atomic E-state index is 0.235. The lowest BCUT2D eigenvalue weighted by Gasteiger charge is -2.26. The molecule has 0 saturated carbocycles. The molecule has 0 bridgehead atoms. The van der Waals surface area contributed by atoms with Gasteiger partial charge in [0.25, 0.3) is 0 Å². The highest BCUT2D eigenvalue weighted by Crippen LogP contribution is 2.18. The van der Waals surface area contributed by atoms with Crippen molar-refractivity contribution in [3.05, 3.63) is 0 Å². The number of hydrogen-bond donors (Lipinski definition) is 5. The van der Waals surface area contributed by atoms with Crippen LogP contribution in [0.4, 0.5) is 39.5 Å². The number of carbonyl (C=O) groups excluding carboxylic acids is 1. The molecule has 0 radical (unpaired) electrons. The van der Waals surface area contributed by atoms with Crippen LogP contribution in [0.3, 0.4) is 0 Å². The van der Waals surface area contributed by atoms with E-state index in [-0.39, 0.29) is 5.91 Å². The summed E-state index contributed by atoms with van der Waals surface area (Å²) in [5, 5.41) is 31.6. The summed E-state index contributed by atoms with van der Waals surface area (Å²) in [6.07, 6.45) is -13.0. The van der Waals surface area contributed by atoms with Gasteiger partial charge in [-0.2, -0.15) is 44.6 Å². The summed E-state index contributed by atoms with van der Waals surface area (Å²) in [7, 11) is 0. The number of hydrogen-bond acceptors (Lipinski definition) is 6. The van der Waals surface area contributed by atoms with Gasteiger partial charge in [-0.05, 0) is 18.8 Å². The number of alkyl halides is 9. The van der Waals surface area contributed by atoms with Crippen molar-refractivity contribution in [2.24, 2.45) is 11.7 Å². The van der Waals surface area contributed by atoms with Crippen LogP contribution in [0.15, 0.2) is 0 Å². The fraction of sp³-hybridized carbons (Fsp3) is 0.692. The van der Waals surface area contributed by atoms with Gasteiger partial charge in [0.1, 0.15) is 0 Å². The number of nitrogens with two attached hydrogens (primary N) is 1. The molecule has 19 heteroatoms. The van der Waals surface area contributed by atoms with E-state index in [0.717, 1.165) is 12.8 Å². The summed E-state index contributed by atoms with van der Waals surface area (Å²) in [5.74, 6) is -8.12. The third-order valence-corrected chi connectivity index (χ3v) is 2.81. The molecule has 1 aliphatic heterocycles. The van der Waals surface area contributed by atoms with Crippen molar-refractivity contribution >= 4 is 23.8 Å².